The van der Waals surface area contributed by atoms with E-state index in [1.807, 2.05) is 13.8 Å². The number of carbonyl (C=O) groups excluding carboxylic acids is 2. The average Bonchev–Trinajstić information content (AvgIpc) is 3.77. The molecule has 274 valence electrons. The van der Waals surface area contributed by atoms with Crippen LogP contribution in [0.4, 0.5) is 0 Å². The minimum atomic E-state index is -0.808. The summed E-state index contributed by atoms with van der Waals surface area (Å²) in [6, 6.07) is 0. The van der Waals surface area contributed by atoms with Gasteiger partial charge in [0.25, 0.3) is 0 Å². The molecule has 0 heterocycles. The van der Waals surface area contributed by atoms with Gasteiger partial charge in [-0.2, -0.15) is 0 Å². The smallest absolute Gasteiger partial charge is 0.309 e. The molecule has 6 heteroatoms. The number of nitrogens with one attached hydrogen (secondary N) is 1. The van der Waals surface area contributed by atoms with Gasteiger partial charge < -0.3 is 15.2 Å². The molecule has 0 saturated heterocycles. The van der Waals surface area contributed by atoms with Gasteiger partial charge in [-0.15, -0.1) is 0 Å². The highest BCUT2D eigenvalue weighted by atomic mass is 16.5. The molecule has 0 spiro atoms. The fourth-order valence-electron chi connectivity index (χ4n) is 14.2. The molecule has 2 N–H and O–H groups in total. The van der Waals surface area contributed by atoms with E-state index in [9.17, 15) is 19.5 Å². The Hall–Kier alpha value is -1.69. The Balaban J connectivity index is 1.13. The van der Waals surface area contributed by atoms with Crippen molar-refractivity contribution in [3.63, 3.8) is 0 Å². The monoisotopic (exact) mass is 678 g/mol. The van der Waals surface area contributed by atoms with Gasteiger partial charge in [0.05, 0.1) is 11.8 Å². The number of allylic oxidation sites excluding steroid dienone is 2. The molecular weight excluding hydrogens is 610 g/mol. The van der Waals surface area contributed by atoms with Gasteiger partial charge in [-0.05, 0) is 147 Å². The lowest BCUT2D eigenvalue weighted by atomic mass is 9.33. The van der Waals surface area contributed by atoms with Crippen molar-refractivity contribution in [2.45, 2.75) is 152 Å². The third-order valence-electron chi connectivity index (χ3n) is 17.5. The number of aliphatic carboxylic acids is 1. The summed E-state index contributed by atoms with van der Waals surface area (Å²) in [7, 11) is 0. The predicted molar refractivity (Wildman–Crippen MR) is 193 cm³/mol. The van der Waals surface area contributed by atoms with E-state index >= 15 is 0 Å². The van der Waals surface area contributed by atoms with Crippen LogP contribution in [0.5, 0.6) is 0 Å². The van der Waals surface area contributed by atoms with E-state index in [0.29, 0.717) is 30.0 Å². The van der Waals surface area contributed by atoms with Crippen LogP contribution >= 0.6 is 0 Å². The van der Waals surface area contributed by atoms with Gasteiger partial charge in [0.15, 0.2) is 5.78 Å². The van der Waals surface area contributed by atoms with Crippen molar-refractivity contribution in [2.75, 3.05) is 13.1 Å². The maximum atomic E-state index is 13.9. The minimum absolute atomic E-state index is 0.0468. The van der Waals surface area contributed by atoms with Crippen LogP contribution in [-0.2, 0) is 19.1 Å². The summed E-state index contributed by atoms with van der Waals surface area (Å²) in [5.74, 6) is 1.33. The molecule has 0 aliphatic heterocycles. The van der Waals surface area contributed by atoms with Gasteiger partial charge in [-0.25, -0.2) is 0 Å². The van der Waals surface area contributed by atoms with E-state index in [1.165, 1.54) is 44.1 Å². The predicted octanol–water partition coefficient (Wildman–Crippen LogP) is 9.02. The lowest BCUT2D eigenvalue weighted by Crippen LogP contribution is -2.66. The number of hydrogen-bond acceptors (Lipinski definition) is 5. The standard InChI is InChI=1S/C43H67NO5/c1-25(2)34-30(45)23-43(20-21-44-24-26-10-11-26)19-18-41(8)27(35(34)43)12-13-32-40(7)16-15-33(39(5,6)31(40)14-17-42(32,41)9)49-37(48)29-22-28(36(46)47)38(29,3)4/h25-29,31-33,44H,10-24H2,1-9H3,(H,46,47)/t27-,28+,29-,31+,32-,33+,40+,41-,42-,43-/m1/s1. The Kier molecular flexibility index (Phi) is 8.49. The zero-order chi connectivity index (χ0) is 35.5. The molecule has 10 atom stereocenters. The second-order valence-corrected chi connectivity index (χ2v) is 20.7. The Bertz CT molecular complexity index is 1420. The number of carbonyl (C=O) groups is 3. The van der Waals surface area contributed by atoms with E-state index < -0.39 is 17.3 Å². The second kappa shape index (κ2) is 11.7. The first-order valence-electron chi connectivity index (χ1n) is 20.3. The first kappa shape index (κ1) is 35.7. The Morgan fingerprint density at radius 1 is 0.837 bits per heavy atom. The number of Topliss-reactive ketones (excluding diaryl/α,β-unsaturated/α-hetero) is 1. The van der Waals surface area contributed by atoms with Crippen molar-refractivity contribution in [2.24, 2.45) is 73.9 Å². The highest BCUT2D eigenvalue weighted by Crippen LogP contribution is 2.77. The number of hydrogen-bond donors (Lipinski definition) is 2. The van der Waals surface area contributed by atoms with Gasteiger partial charge in [-0.1, -0.05) is 67.9 Å². The van der Waals surface area contributed by atoms with Crippen LogP contribution in [0.1, 0.15) is 146 Å². The fourth-order valence-corrected chi connectivity index (χ4v) is 14.2. The number of fused-ring (bicyclic) bond motifs is 7. The lowest BCUT2D eigenvalue weighted by molar-refractivity contribution is -0.236. The summed E-state index contributed by atoms with van der Waals surface area (Å²) in [5.41, 5.74) is 2.65. The molecule has 0 amide bonds. The molecule has 6 fully saturated rings. The summed E-state index contributed by atoms with van der Waals surface area (Å²) in [6.45, 7) is 23.1. The molecule has 6 saturated carbocycles. The topological polar surface area (TPSA) is 92.7 Å². The van der Waals surface area contributed by atoms with Crippen LogP contribution in [0.2, 0.25) is 0 Å². The molecule has 7 aliphatic carbocycles. The number of rotatable bonds is 9. The van der Waals surface area contributed by atoms with E-state index in [1.54, 1.807) is 5.57 Å². The van der Waals surface area contributed by atoms with Crippen molar-refractivity contribution >= 4 is 17.7 Å². The highest BCUT2D eigenvalue weighted by Gasteiger charge is 2.70. The van der Waals surface area contributed by atoms with E-state index in [4.69, 9.17) is 4.74 Å². The summed E-state index contributed by atoms with van der Waals surface area (Å²) >= 11 is 0. The molecule has 7 rings (SSSR count). The molecule has 0 aromatic rings. The van der Waals surface area contributed by atoms with Crippen molar-refractivity contribution in [3.8, 4) is 0 Å². The summed E-state index contributed by atoms with van der Waals surface area (Å²) in [5, 5.41) is 13.4. The van der Waals surface area contributed by atoms with Crippen molar-refractivity contribution < 1.29 is 24.2 Å². The van der Waals surface area contributed by atoms with Crippen LogP contribution in [-0.4, -0.2) is 42.0 Å². The molecule has 0 radical (unpaired) electrons. The van der Waals surface area contributed by atoms with E-state index in [2.05, 4.69) is 53.8 Å². The lowest BCUT2D eigenvalue weighted by Gasteiger charge is -2.72. The largest absolute Gasteiger partial charge is 0.481 e. The number of carboxylic acid groups (broad SMARTS) is 1. The normalized spacial score (nSPS) is 45.1. The SMILES string of the molecule is CC(C)C1=C2[C@H]3CC[C@@H]4[C@@]5(C)CC[C@H](OC(=O)[C@H]6C[C@@H](C(=O)O)C6(C)C)C(C)(C)[C@@H]5CC[C@@]4(C)[C@]3(C)CC[C@@]2(CCNCC2CC2)CC1=O. The number of esters is 1. The zero-order valence-electron chi connectivity index (χ0n) is 32.3. The summed E-state index contributed by atoms with van der Waals surface area (Å²) in [4.78, 5) is 39.2. The quantitative estimate of drug-likeness (QED) is 0.187. The van der Waals surface area contributed by atoms with Gasteiger partial charge in [0.1, 0.15) is 6.10 Å². The van der Waals surface area contributed by atoms with Crippen molar-refractivity contribution in [1.29, 1.82) is 0 Å². The average molecular weight is 678 g/mol. The van der Waals surface area contributed by atoms with Gasteiger partial charge >= 0.3 is 11.9 Å². The Labute approximate surface area is 296 Å². The first-order valence-corrected chi connectivity index (χ1v) is 20.3. The van der Waals surface area contributed by atoms with E-state index in [-0.39, 0.29) is 51.0 Å². The van der Waals surface area contributed by atoms with Crippen molar-refractivity contribution in [1.82, 2.24) is 5.32 Å². The molecule has 6 nitrogen and oxygen atoms in total. The first-order chi connectivity index (χ1) is 22.8. The molecule has 0 aromatic carbocycles. The fraction of sp³-hybridized carbons (Fsp3) is 0.884. The molecule has 49 heavy (non-hydrogen) atoms. The molecular formula is C43H67NO5. The third kappa shape index (κ3) is 5.12. The maximum absolute atomic E-state index is 13.9. The number of ether oxygens (including phenoxy) is 1. The molecule has 0 aromatic heterocycles. The van der Waals surface area contributed by atoms with Gasteiger partial charge in [-0.3, -0.25) is 14.4 Å². The Morgan fingerprint density at radius 2 is 1.55 bits per heavy atom. The van der Waals surface area contributed by atoms with E-state index in [0.717, 1.165) is 57.5 Å². The second-order valence-electron chi connectivity index (χ2n) is 20.7. The molecule has 0 unspecified atom stereocenters. The molecule has 0 bridgehead atoms. The Morgan fingerprint density at radius 3 is 2.18 bits per heavy atom. The van der Waals surface area contributed by atoms with Gasteiger partial charge in [0.2, 0.25) is 0 Å². The van der Waals surface area contributed by atoms with Gasteiger partial charge in [0, 0.05) is 17.3 Å². The summed E-state index contributed by atoms with van der Waals surface area (Å²) in [6.07, 6.45) is 13.9. The number of carboxylic acids is 1. The van der Waals surface area contributed by atoms with Crippen LogP contribution in [0.3, 0.4) is 0 Å². The third-order valence-corrected chi connectivity index (χ3v) is 17.5. The minimum Gasteiger partial charge on any atom is -0.481 e. The maximum Gasteiger partial charge on any atom is 0.309 e. The van der Waals surface area contributed by atoms with Crippen LogP contribution in [0.15, 0.2) is 11.1 Å². The van der Waals surface area contributed by atoms with Crippen LogP contribution < -0.4 is 5.32 Å². The molecule has 7 aliphatic rings. The number of ketones is 1. The van der Waals surface area contributed by atoms with Crippen LogP contribution in [0, 0.1) is 73.9 Å². The van der Waals surface area contributed by atoms with Crippen LogP contribution in [0.25, 0.3) is 0 Å². The summed E-state index contributed by atoms with van der Waals surface area (Å²) < 4.78 is 6.42. The highest BCUT2D eigenvalue weighted by molar-refractivity contribution is 6.00. The zero-order valence-corrected chi connectivity index (χ0v) is 32.3. The van der Waals surface area contributed by atoms with Crippen molar-refractivity contribution in [3.05, 3.63) is 11.1 Å².